The van der Waals surface area contributed by atoms with Crippen LogP contribution < -0.4 is 4.90 Å². The number of rotatable bonds is 2. The Morgan fingerprint density at radius 2 is 2.00 bits per heavy atom. The van der Waals surface area contributed by atoms with Crippen LogP contribution in [-0.4, -0.2) is 18.2 Å². The third kappa shape index (κ3) is 2.82. The molecule has 3 heteroatoms. The van der Waals surface area contributed by atoms with E-state index in [1.54, 1.807) is 17.0 Å². The van der Waals surface area contributed by atoms with Gasteiger partial charge in [-0.25, -0.2) is 0 Å². The quantitative estimate of drug-likeness (QED) is 0.831. The Labute approximate surface area is 136 Å². The summed E-state index contributed by atoms with van der Waals surface area (Å²) in [6.45, 7) is 6.34. The Kier molecular flexibility index (Phi) is 4.11. The highest BCUT2D eigenvalue weighted by molar-refractivity contribution is 6.11. The monoisotopic (exact) mass is 305 g/mol. The van der Waals surface area contributed by atoms with E-state index in [0.29, 0.717) is 36.2 Å². The van der Waals surface area contributed by atoms with Crippen LogP contribution in [0.1, 0.15) is 44.7 Å². The van der Waals surface area contributed by atoms with E-state index in [-0.39, 0.29) is 11.7 Å². The molecule has 1 aliphatic rings. The first kappa shape index (κ1) is 15.2. The summed E-state index contributed by atoms with van der Waals surface area (Å²) >= 11 is 0. The van der Waals surface area contributed by atoms with Gasteiger partial charge in [-0.1, -0.05) is 30.9 Å². The van der Waals surface area contributed by atoms with Crippen molar-refractivity contribution in [2.24, 2.45) is 0 Å². The van der Waals surface area contributed by atoms with Crippen LogP contribution in [0.15, 0.2) is 49.0 Å². The molecule has 1 amide bonds. The second-order valence-corrected chi connectivity index (χ2v) is 5.78. The molecule has 0 aromatic heterocycles. The van der Waals surface area contributed by atoms with Crippen LogP contribution in [0.3, 0.4) is 0 Å². The number of fused-ring (bicyclic) bond motifs is 1. The van der Waals surface area contributed by atoms with Gasteiger partial charge in [0.05, 0.1) is 5.69 Å². The maximum absolute atomic E-state index is 13.0. The van der Waals surface area contributed by atoms with Gasteiger partial charge in [0, 0.05) is 24.1 Å². The summed E-state index contributed by atoms with van der Waals surface area (Å²) in [7, 11) is 0. The van der Waals surface area contributed by atoms with Crippen LogP contribution >= 0.6 is 0 Å². The molecule has 0 unspecified atom stereocenters. The van der Waals surface area contributed by atoms with Crippen molar-refractivity contribution in [3.05, 3.63) is 71.3 Å². The van der Waals surface area contributed by atoms with Crippen LogP contribution in [0.25, 0.3) is 6.08 Å². The van der Waals surface area contributed by atoms with Crippen molar-refractivity contribution in [1.82, 2.24) is 0 Å². The van der Waals surface area contributed by atoms with Crippen molar-refractivity contribution in [3.8, 4) is 0 Å². The maximum Gasteiger partial charge on any atom is 0.258 e. The van der Waals surface area contributed by atoms with Gasteiger partial charge >= 0.3 is 0 Å². The molecule has 2 aromatic rings. The van der Waals surface area contributed by atoms with E-state index in [1.165, 1.54) is 0 Å². The molecular formula is C20H19NO2. The molecule has 1 aliphatic heterocycles. The Bertz CT molecular complexity index is 792. The van der Waals surface area contributed by atoms with E-state index >= 15 is 0 Å². The molecule has 0 atom stereocenters. The van der Waals surface area contributed by atoms with Crippen LogP contribution in [0.2, 0.25) is 0 Å². The summed E-state index contributed by atoms with van der Waals surface area (Å²) in [6, 6.07) is 13.0. The van der Waals surface area contributed by atoms with Crippen molar-refractivity contribution < 1.29 is 9.59 Å². The lowest BCUT2D eigenvalue weighted by molar-refractivity contribution is 0.0973. The van der Waals surface area contributed by atoms with E-state index in [4.69, 9.17) is 0 Å². The zero-order chi connectivity index (χ0) is 16.4. The molecule has 0 aliphatic carbocycles. The zero-order valence-electron chi connectivity index (χ0n) is 13.2. The average Bonchev–Trinajstić information content (AvgIpc) is 2.74. The highest BCUT2D eigenvalue weighted by Crippen LogP contribution is 2.28. The highest BCUT2D eigenvalue weighted by Gasteiger charge is 2.25. The van der Waals surface area contributed by atoms with E-state index in [9.17, 15) is 9.59 Å². The first-order valence-corrected chi connectivity index (χ1v) is 7.79. The number of hydrogen-bond acceptors (Lipinski definition) is 2. The number of Topliss-reactive ketones (excluding diaryl/α,β-unsaturated/α-hetero) is 1. The number of hydrogen-bond donors (Lipinski definition) is 0. The summed E-state index contributed by atoms with van der Waals surface area (Å²) in [5, 5.41) is 0. The Morgan fingerprint density at radius 3 is 2.78 bits per heavy atom. The second-order valence-electron chi connectivity index (χ2n) is 5.78. The minimum atomic E-state index is -0.0738. The fourth-order valence-corrected chi connectivity index (χ4v) is 2.96. The normalized spacial score (nSPS) is 14.1. The molecule has 23 heavy (non-hydrogen) atoms. The Hall–Kier alpha value is -2.68. The van der Waals surface area contributed by atoms with E-state index in [1.807, 2.05) is 43.3 Å². The Balaban J connectivity index is 2.04. The topological polar surface area (TPSA) is 37.4 Å². The highest BCUT2D eigenvalue weighted by atomic mass is 16.2. The van der Waals surface area contributed by atoms with Crippen molar-refractivity contribution in [3.63, 3.8) is 0 Å². The fraction of sp³-hybridized carbons (Fsp3) is 0.200. The number of ketones is 1. The van der Waals surface area contributed by atoms with Crippen molar-refractivity contribution in [2.75, 3.05) is 11.4 Å². The Morgan fingerprint density at radius 1 is 1.22 bits per heavy atom. The molecule has 0 N–H and O–H groups in total. The molecule has 0 spiro atoms. The third-order valence-corrected chi connectivity index (χ3v) is 4.27. The van der Waals surface area contributed by atoms with Gasteiger partial charge < -0.3 is 4.90 Å². The largest absolute Gasteiger partial charge is 0.308 e. The third-order valence-electron chi connectivity index (χ3n) is 4.27. The smallest absolute Gasteiger partial charge is 0.258 e. The minimum Gasteiger partial charge on any atom is -0.308 e. The second kappa shape index (κ2) is 6.21. The van der Waals surface area contributed by atoms with Gasteiger partial charge in [-0.3, -0.25) is 9.59 Å². The van der Waals surface area contributed by atoms with Gasteiger partial charge in [-0.2, -0.15) is 0 Å². The molecular weight excluding hydrogens is 286 g/mol. The first-order valence-electron chi connectivity index (χ1n) is 7.79. The molecule has 3 rings (SSSR count). The number of carbonyl (C=O) groups excluding carboxylic acids is 2. The molecule has 0 fully saturated rings. The zero-order valence-corrected chi connectivity index (χ0v) is 13.2. The first-order chi connectivity index (χ1) is 11.1. The lowest BCUT2D eigenvalue weighted by Gasteiger charge is -2.23. The van der Waals surface area contributed by atoms with E-state index in [0.717, 1.165) is 11.1 Å². The summed E-state index contributed by atoms with van der Waals surface area (Å²) in [5.41, 5.74) is 4.00. The number of carbonyl (C=O) groups is 2. The summed E-state index contributed by atoms with van der Waals surface area (Å²) in [6.07, 6.45) is 2.91. The molecule has 0 radical (unpaired) electrons. The summed E-state index contributed by atoms with van der Waals surface area (Å²) in [5.74, 6) is 0.0295. The molecule has 0 bridgehead atoms. The number of nitrogens with zero attached hydrogens (tertiary/aromatic N) is 1. The predicted molar refractivity (Wildman–Crippen MR) is 93.0 cm³/mol. The number of para-hydroxylation sites is 1. The van der Waals surface area contributed by atoms with Gasteiger partial charge in [-0.15, -0.1) is 0 Å². The van der Waals surface area contributed by atoms with Gasteiger partial charge in [0.1, 0.15) is 0 Å². The predicted octanol–water partition coefficient (Wildman–Crippen LogP) is 4.26. The lowest BCUT2D eigenvalue weighted by Crippen LogP contribution is -2.31. The molecule has 0 saturated heterocycles. The van der Waals surface area contributed by atoms with Crippen molar-refractivity contribution in [1.29, 1.82) is 0 Å². The van der Waals surface area contributed by atoms with E-state index < -0.39 is 0 Å². The maximum atomic E-state index is 13.0. The van der Waals surface area contributed by atoms with Crippen LogP contribution in [-0.2, 0) is 0 Å². The molecule has 1 heterocycles. The van der Waals surface area contributed by atoms with Gasteiger partial charge in [0.2, 0.25) is 0 Å². The number of anilines is 1. The van der Waals surface area contributed by atoms with Crippen molar-refractivity contribution >= 4 is 23.5 Å². The molecule has 2 aromatic carbocycles. The minimum absolute atomic E-state index is 0.0738. The van der Waals surface area contributed by atoms with Gasteiger partial charge in [0.25, 0.3) is 5.91 Å². The van der Waals surface area contributed by atoms with Gasteiger partial charge in [-0.05, 0) is 48.7 Å². The fourth-order valence-electron chi connectivity index (χ4n) is 2.96. The van der Waals surface area contributed by atoms with E-state index in [2.05, 4.69) is 6.58 Å². The van der Waals surface area contributed by atoms with Crippen LogP contribution in [0.4, 0.5) is 5.69 Å². The SMILES string of the molecule is C=Cc1cc(C(=O)N2CCCC(=O)c3ccccc32)ccc1C. The summed E-state index contributed by atoms with van der Waals surface area (Å²) < 4.78 is 0. The number of benzene rings is 2. The number of amides is 1. The van der Waals surface area contributed by atoms with Crippen LogP contribution in [0, 0.1) is 6.92 Å². The lowest BCUT2D eigenvalue weighted by atomic mass is 10.0. The molecule has 3 nitrogen and oxygen atoms in total. The van der Waals surface area contributed by atoms with Gasteiger partial charge in [0.15, 0.2) is 5.78 Å². The summed E-state index contributed by atoms with van der Waals surface area (Å²) in [4.78, 5) is 26.9. The van der Waals surface area contributed by atoms with Crippen molar-refractivity contribution in [2.45, 2.75) is 19.8 Å². The molecule has 0 saturated carbocycles. The standard InChI is InChI=1S/C20H19NO2/c1-3-15-13-16(11-10-14(15)2)20(23)21-12-6-9-19(22)17-7-4-5-8-18(17)21/h3-5,7-8,10-11,13H,1,6,9,12H2,2H3. The molecule has 116 valence electrons. The average molecular weight is 305 g/mol. The number of aryl methyl sites for hydroxylation is 1. The van der Waals surface area contributed by atoms with Crippen LogP contribution in [0.5, 0.6) is 0 Å².